The van der Waals surface area contributed by atoms with E-state index < -0.39 is 10.0 Å². The molecule has 0 saturated carbocycles. The summed E-state index contributed by atoms with van der Waals surface area (Å²) in [6.45, 7) is 5.43. The second-order valence-electron chi connectivity index (χ2n) is 8.93. The van der Waals surface area contributed by atoms with Crippen LogP contribution in [0.1, 0.15) is 28.4 Å². The highest BCUT2D eigenvalue weighted by Gasteiger charge is 2.22. The molecule has 0 bridgehead atoms. The Morgan fingerprint density at radius 3 is 2.19 bits per heavy atom. The van der Waals surface area contributed by atoms with Crippen molar-refractivity contribution in [2.24, 2.45) is 0 Å². The Hall–Kier alpha value is -3.43. The summed E-state index contributed by atoms with van der Waals surface area (Å²) in [4.78, 5) is 17.4. The van der Waals surface area contributed by atoms with Gasteiger partial charge in [0, 0.05) is 38.3 Å². The van der Waals surface area contributed by atoms with Gasteiger partial charge in [-0.3, -0.25) is 9.52 Å². The van der Waals surface area contributed by atoms with Crippen molar-refractivity contribution in [2.75, 3.05) is 42.8 Å². The number of halogens is 1. The minimum absolute atomic E-state index is 0.162. The van der Waals surface area contributed by atoms with E-state index in [1.165, 1.54) is 12.1 Å². The molecular weight excluding hydrogens is 479 g/mol. The number of sulfonamides is 1. The zero-order valence-electron chi connectivity index (χ0n) is 20.5. The Morgan fingerprint density at radius 1 is 0.917 bits per heavy atom. The third-order valence-electron chi connectivity index (χ3n) is 6.36. The van der Waals surface area contributed by atoms with Crippen LogP contribution < -0.4 is 14.9 Å². The Kier molecular flexibility index (Phi) is 7.91. The van der Waals surface area contributed by atoms with Crippen molar-refractivity contribution >= 4 is 27.3 Å². The molecule has 7 nitrogen and oxygen atoms in total. The summed E-state index contributed by atoms with van der Waals surface area (Å²) in [5, 5.41) is 2.82. The van der Waals surface area contributed by atoms with E-state index in [0.29, 0.717) is 11.3 Å². The van der Waals surface area contributed by atoms with E-state index >= 15 is 0 Å². The van der Waals surface area contributed by atoms with Crippen LogP contribution >= 0.6 is 0 Å². The lowest BCUT2D eigenvalue weighted by Crippen LogP contribution is -2.44. The Labute approximate surface area is 212 Å². The van der Waals surface area contributed by atoms with E-state index in [4.69, 9.17) is 0 Å². The standard InChI is InChI=1S/C27H31FN4O3S/c1-3-20-6-11-24(12-7-20)36(34,35)30-25-18-22(8-13-26(25)32-16-14-31(2)15-17-32)27(33)29-19-21-4-9-23(28)10-5-21/h4-13,18,30H,3,14-17,19H2,1-2H3,(H,29,33). The summed E-state index contributed by atoms with van der Waals surface area (Å²) in [5.41, 5.74) is 3.22. The number of hydrogen-bond donors (Lipinski definition) is 2. The fourth-order valence-corrected chi connectivity index (χ4v) is 5.14. The summed E-state index contributed by atoms with van der Waals surface area (Å²) in [6, 6.07) is 17.7. The smallest absolute Gasteiger partial charge is 0.261 e. The minimum atomic E-state index is -3.87. The molecule has 36 heavy (non-hydrogen) atoms. The van der Waals surface area contributed by atoms with Crippen LogP contribution in [0.3, 0.4) is 0 Å². The van der Waals surface area contributed by atoms with Crippen LogP contribution in [0, 0.1) is 5.82 Å². The van der Waals surface area contributed by atoms with Gasteiger partial charge in [0.25, 0.3) is 15.9 Å². The van der Waals surface area contributed by atoms with Gasteiger partial charge in [0.05, 0.1) is 16.3 Å². The van der Waals surface area contributed by atoms with Gasteiger partial charge in [0.1, 0.15) is 5.82 Å². The molecule has 0 aliphatic carbocycles. The van der Waals surface area contributed by atoms with E-state index in [9.17, 15) is 17.6 Å². The van der Waals surface area contributed by atoms with Gasteiger partial charge >= 0.3 is 0 Å². The second-order valence-corrected chi connectivity index (χ2v) is 10.6. The van der Waals surface area contributed by atoms with Gasteiger partial charge < -0.3 is 15.1 Å². The van der Waals surface area contributed by atoms with E-state index in [1.807, 2.05) is 6.92 Å². The first-order valence-electron chi connectivity index (χ1n) is 12.0. The normalized spacial score (nSPS) is 14.5. The van der Waals surface area contributed by atoms with E-state index in [0.717, 1.165) is 49.4 Å². The van der Waals surface area contributed by atoms with Crippen LogP contribution in [0.5, 0.6) is 0 Å². The molecule has 9 heteroatoms. The second kappa shape index (κ2) is 11.1. The van der Waals surface area contributed by atoms with Gasteiger partial charge in [-0.15, -0.1) is 0 Å². The maximum absolute atomic E-state index is 13.2. The first kappa shape index (κ1) is 25.7. The molecule has 1 aliphatic heterocycles. The molecule has 4 rings (SSSR count). The van der Waals surface area contributed by atoms with Gasteiger partial charge in [0.2, 0.25) is 0 Å². The molecule has 1 saturated heterocycles. The number of anilines is 2. The number of rotatable bonds is 8. The van der Waals surface area contributed by atoms with Crippen molar-refractivity contribution < 1.29 is 17.6 Å². The molecule has 0 radical (unpaired) electrons. The van der Waals surface area contributed by atoms with Crippen LogP contribution in [-0.4, -0.2) is 52.5 Å². The first-order valence-corrected chi connectivity index (χ1v) is 13.5. The van der Waals surface area contributed by atoms with Gasteiger partial charge in [-0.25, -0.2) is 12.8 Å². The maximum atomic E-state index is 13.2. The van der Waals surface area contributed by atoms with Gasteiger partial charge in [-0.05, 0) is 67.1 Å². The lowest BCUT2D eigenvalue weighted by Gasteiger charge is -2.35. The molecular formula is C27H31FN4O3S. The van der Waals surface area contributed by atoms with Crippen molar-refractivity contribution in [3.05, 3.63) is 89.2 Å². The Balaban J connectivity index is 1.60. The molecule has 1 fully saturated rings. The largest absolute Gasteiger partial charge is 0.367 e. The summed E-state index contributed by atoms with van der Waals surface area (Å²) in [6.07, 6.45) is 0.816. The van der Waals surface area contributed by atoms with Gasteiger partial charge in [-0.2, -0.15) is 0 Å². The van der Waals surface area contributed by atoms with Crippen molar-refractivity contribution in [1.82, 2.24) is 10.2 Å². The summed E-state index contributed by atoms with van der Waals surface area (Å²) in [5.74, 6) is -0.692. The van der Waals surface area contributed by atoms with Crippen molar-refractivity contribution in [2.45, 2.75) is 24.8 Å². The van der Waals surface area contributed by atoms with Crippen LogP contribution in [0.4, 0.5) is 15.8 Å². The lowest BCUT2D eigenvalue weighted by molar-refractivity contribution is 0.0951. The molecule has 0 atom stereocenters. The number of likely N-dealkylation sites (N-methyl/N-ethyl adjacent to an activating group) is 1. The molecule has 1 heterocycles. The topological polar surface area (TPSA) is 81.7 Å². The third-order valence-corrected chi connectivity index (χ3v) is 7.74. The van der Waals surface area contributed by atoms with Gasteiger partial charge in [-0.1, -0.05) is 31.2 Å². The van der Waals surface area contributed by atoms with Crippen molar-refractivity contribution in [3.8, 4) is 0 Å². The zero-order chi connectivity index (χ0) is 25.7. The number of carbonyl (C=O) groups is 1. The highest BCUT2D eigenvalue weighted by molar-refractivity contribution is 7.92. The maximum Gasteiger partial charge on any atom is 0.261 e. The average molecular weight is 511 g/mol. The quantitative estimate of drug-likeness (QED) is 0.481. The predicted octanol–water partition coefficient (Wildman–Crippen LogP) is 3.87. The van der Waals surface area contributed by atoms with Crippen LogP contribution in [0.2, 0.25) is 0 Å². The number of piperazine rings is 1. The Bertz CT molecular complexity index is 1300. The van der Waals surface area contributed by atoms with Crippen LogP contribution in [-0.2, 0) is 23.0 Å². The lowest BCUT2D eigenvalue weighted by atomic mass is 10.1. The fraction of sp³-hybridized carbons (Fsp3) is 0.296. The number of benzene rings is 3. The average Bonchev–Trinajstić information content (AvgIpc) is 2.88. The summed E-state index contributed by atoms with van der Waals surface area (Å²) in [7, 11) is -1.82. The molecule has 2 N–H and O–H groups in total. The SMILES string of the molecule is CCc1ccc(S(=O)(=O)Nc2cc(C(=O)NCc3ccc(F)cc3)ccc2N2CCN(C)CC2)cc1. The molecule has 190 valence electrons. The molecule has 0 unspecified atom stereocenters. The molecule has 3 aromatic rings. The molecule has 1 aliphatic rings. The van der Waals surface area contributed by atoms with Crippen LogP contribution in [0.15, 0.2) is 71.6 Å². The zero-order valence-corrected chi connectivity index (χ0v) is 21.3. The van der Waals surface area contributed by atoms with E-state index in [-0.39, 0.29) is 23.2 Å². The monoisotopic (exact) mass is 510 g/mol. The number of aryl methyl sites for hydroxylation is 1. The highest BCUT2D eigenvalue weighted by atomic mass is 32.2. The Morgan fingerprint density at radius 2 is 1.56 bits per heavy atom. The molecule has 3 aromatic carbocycles. The summed E-state index contributed by atoms with van der Waals surface area (Å²) >= 11 is 0. The number of amides is 1. The fourth-order valence-electron chi connectivity index (χ4n) is 4.08. The molecule has 1 amide bonds. The van der Waals surface area contributed by atoms with Gasteiger partial charge in [0.15, 0.2) is 0 Å². The molecule has 0 spiro atoms. The third kappa shape index (κ3) is 6.22. The number of nitrogens with one attached hydrogen (secondary N) is 2. The summed E-state index contributed by atoms with van der Waals surface area (Å²) < 4.78 is 42.4. The van der Waals surface area contributed by atoms with Crippen molar-refractivity contribution in [3.63, 3.8) is 0 Å². The number of nitrogens with zero attached hydrogens (tertiary/aromatic N) is 2. The number of carbonyl (C=O) groups excluding carboxylic acids is 1. The highest BCUT2D eigenvalue weighted by Crippen LogP contribution is 2.30. The van der Waals surface area contributed by atoms with Crippen molar-refractivity contribution in [1.29, 1.82) is 0 Å². The number of hydrogen-bond acceptors (Lipinski definition) is 5. The molecule has 0 aromatic heterocycles. The predicted molar refractivity (Wildman–Crippen MR) is 140 cm³/mol. The van der Waals surface area contributed by atoms with E-state index in [1.54, 1.807) is 54.6 Å². The van der Waals surface area contributed by atoms with Crippen LogP contribution in [0.25, 0.3) is 0 Å². The first-order chi connectivity index (χ1) is 17.2. The van der Waals surface area contributed by atoms with E-state index in [2.05, 4.69) is 26.9 Å². The minimum Gasteiger partial charge on any atom is -0.367 e.